The van der Waals surface area contributed by atoms with Crippen LogP contribution in [0.1, 0.15) is 30.1 Å². The summed E-state index contributed by atoms with van der Waals surface area (Å²) >= 11 is 0. The first kappa shape index (κ1) is 21.1. The molecule has 0 N–H and O–H groups in total. The van der Waals surface area contributed by atoms with Gasteiger partial charge in [0.25, 0.3) is 0 Å². The topological polar surface area (TPSA) is 72.4 Å². The summed E-state index contributed by atoms with van der Waals surface area (Å²) in [4.78, 5) is 11.4. The molecule has 0 radical (unpaired) electrons. The molecule has 3 aromatic heterocycles. The van der Waals surface area contributed by atoms with Crippen LogP contribution in [0.2, 0.25) is 0 Å². The van der Waals surface area contributed by atoms with Crippen molar-refractivity contribution >= 4 is 11.7 Å². The summed E-state index contributed by atoms with van der Waals surface area (Å²) in [6, 6.07) is 9.49. The zero-order valence-corrected chi connectivity index (χ0v) is 18.5. The van der Waals surface area contributed by atoms with Crippen LogP contribution in [0.25, 0.3) is 16.8 Å². The van der Waals surface area contributed by atoms with E-state index in [2.05, 4.69) is 15.0 Å². The first-order valence-electron chi connectivity index (χ1n) is 11.4. The van der Waals surface area contributed by atoms with Crippen LogP contribution >= 0.6 is 0 Å². The number of halogens is 3. The quantitative estimate of drug-likeness (QED) is 0.428. The fourth-order valence-corrected chi connectivity index (χ4v) is 5.55. The summed E-state index contributed by atoms with van der Waals surface area (Å²) in [5.41, 5.74) is 1.44. The Hall–Kier alpha value is -3.43. The van der Waals surface area contributed by atoms with Crippen molar-refractivity contribution in [1.82, 2.24) is 24.7 Å². The van der Waals surface area contributed by atoms with Crippen LogP contribution in [0.4, 0.5) is 19.2 Å². The van der Waals surface area contributed by atoms with Crippen LogP contribution in [0, 0.1) is 24.7 Å². The van der Waals surface area contributed by atoms with Gasteiger partial charge in [-0.2, -0.15) is 23.3 Å². The highest BCUT2D eigenvalue weighted by molar-refractivity contribution is 5.77. The first-order chi connectivity index (χ1) is 16.3. The highest BCUT2D eigenvalue weighted by Gasteiger charge is 2.43. The number of rotatable bonds is 4. The maximum Gasteiger partial charge on any atom is 0.416 e. The third-order valence-corrected chi connectivity index (χ3v) is 7.16. The van der Waals surface area contributed by atoms with Crippen molar-refractivity contribution in [3.63, 3.8) is 0 Å². The van der Waals surface area contributed by atoms with Crippen LogP contribution < -0.4 is 4.90 Å². The molecule has 1 aliphatic heterocycles. The average molecular weight is 468 g/mol. The van der Waals surface area contributed by atoms with E-state index in [1.165, 1.54) is 12.1 Å². The van der Waals surface area contributed by atoms with Gasteiger partial charge in [0.1, 0.15) is 0 Å². The molecular formula is C24H23F3N6O. The summed E-state index contributed by atoms with van der Waals surface area (Å²) < 4.78 is 45.9. The fourth-order valence-electron chi connectivity index (χ4n) is 5.55. The van der Waals surface area contributed by atoms with Gasteiger partial charge in [-0.3, -0.25) is 0 Å². The molecule has 1 unspecified atom stereocenters. The zero-order valence-electron chi connectivity index (χ0n) is 18.5. The Kier molecular flexibility index (Phi) is 4.86. The molecule has 10 heteroatoms. The van der Waals surface area contributed by atoms with E-state index in [1.807, 2.05) is 25.3 Å². The van der Waals surface area contributed by atoms with Crippen LogP contribution in [-0.4, -0.2) is 37.8 Å². The second-order valence-electron chi connectivity index (χ2n) is 9.29. The monoisotopic (exact) mass is 468 g/mol. The standard InChI is InChI=1S/C24H23F3N6O/c1-14-28-23(34-31-14)32-12-16-4-5-17(13-32)20(16)11-21-29-22-19(3-2-10-33(22)30-21)15-6-8-18(9-7-15)24(25,26)27/h2-3,6-10,16-17,20H,4-5,11-13H2,1H3/t16-,17+,20?. The number of benzene rings is 1. The minimum atomic E-state index is -4.36. The number of aryl methyl sites for hydroxylation is 1. The number of piperidine rings is 1. The van der Waals surface area contributed by atoms with Gasteiger partial charge in [0, 0.05) is 31.3 Å². The van der Waals surface area contributed by atoms with Gasteiger partial charge in [-0.15, -0.1) is 0 Å². The van der Waals surface area contributed by atoms with Gasteiger partial charge >= 0.3 is 12.2 Å². The van der Waals surface area contributed by atoms with E-state index in [0.29, 0.717) is 40.8 Å². The molecule has 2 bridgehead atoms. The SMILES string of the molecule is Cc1noc(N2C[C@H]3CC[C@@H](C2)C3Cc2nc3c(-c4ccc(C(F)(F)F)cc4)cccn3n2)n1. The van der Waals surface area contributed by atoms with Crippen LogP contribution in [0.5, 0.6) is 0 Å². The number of hydrogen-bond donors (Lipinski definition) is 0. The van der Waals surface area contributed by atoms with E-state index in [-0.39, 0.29) is 0 Å². The second-order valence-corrected chi connectivity index (χ2v) is 9.29. The third-order valence-electron chi connectivity index (χ3n) is 7.16. The van der Waals surface area contributed by atoms with Crippen molar-refractivity contribution < 1.29 is 17.7 Å². The van der Waals surface area contributed by atoms with E-state index in [0.717, 1.165) is 55.9 Å². The third kappa shape index (κ3) is 3.70. The molecule has 7 nitrogen and oxygen atoms in total. The number of alkyl halides is 3. The summed E-state index contributed by atoms with van der Waals surface area (Å²) in [7, 11) is 0. The lowest BCUT2D eigenvalue weighted by Crippen LogP contribution is -2.43. The number of anilines is 1. The Bertz CT molecular complexity index is 1310. The molecule has 34 heavy (non-hydrogen) atoms. The van der Waals surface area contributed by atoms with Crippen molar-refractivity contribution in [1.29, 1.82) is 0 Å². The molecular weight excluding hydrogens is 445 g/mol. The van der Waals surface area contributed by atoms with Crippen molar-refractivity contribution in [3.05, 3.63) is 59.8 Å². The highest BCUT2D eigenvalue weighted by Crippen LogP contribution is 2.44. The Morgan fingerprint density at radius 2 is 1.76 bits per heavy atom. The normalized spacial score (nSPS) is 22.6. The lowest BCUT2D eigenvalue weighted by atomic mass is 9.82. The summed E-state index contributed by atoms with van der Waals surface area (Å²) in [5.74, 6) is 2.90. The lowest BCUT2D eigenvalue weighted by Gasteiger charge is -2.36. The number of aromatic nitrogens is 5. The summed E-state index contributed by atoms with van der Waals surface area (Å²) in [6.07, 6.45) is 0.560. The smallest absolute Gasteiger partial charge is 0.324 e. The van der Waals surface area contributed by atoms with E-state index in [4.69, 9.17) is 14.6 Å². The zero-order chi connectivity index (χ0) is 23.4. The molecule has 1 aliphatic carbocycles. The summed E-state index contributed by atoms with van der Waals surface area (Å²) in [5, 5.41) is 8.62. The molecule has 1 saturated carbocycles. The first-order valence-corrected chi connectivity index (χ1v) is 11.4. The number of pyridine rings is 1. The van der Waals surface area contributed by atoms with Gasteiger partial charge in [-0.25, -0.2) is 9.50 Å². The molecule has 6 rings (SSSR count). The second kappa shape index (κ2) is 7.82. The van der Waals surface area contributed by atoms with Gasteiger partial charge in [-0.1, -0.05) is 17.3 Å². The van der Waals surface area contributed by atoms with Gasteiger partial charge in [0.15, 0.2) is 17.3 Å². The Labute approximate surface area is 193 Å². The van der Waals surface area contributed by atoms with E-state index in [1.54, 1.807) is 4.52 Å². The molecule has 0 amide bonds. The van der Waals surface area contributed by atoms with Crippen LogP contribution in [0.3, 0.4) is 0 Å². The number of hydrogen-bond acceptors (Lipinski definition) is 6. The molecule has 4 aromatic rings. The fraction of sp³-hybridized carbons (Fsp3) is 0.417. The minimum absolute atomic E-state index is 0.479. The van der Waals surface area contributed by atoms with Crippen LogP contribution in [-0.2, 0) is 12.6 Å². The van der Waals surface area contributed by atoms with E-state index in [9.17, 15) is 13.2 Å². The molecule has 0 spiro atoms. The van der Waals surface area contributed by atoms with Gasteiger partial charge in [0.05, 0.1) is 5.56 Å². The maximum atomic E-state index is 12.9. The Morgan fingerprint density at radius 3 is 2.41 bits per heavy atom. The van der Waals surface area contributed by atoms with Crippen molar-refractivity contribution in [3.8, 4) is 11.1 Å². The van der Waals surface area contributed by atoms with E-state index < -0.39 is 11.7 Å². The van der Waals surface area contributed by atoms with Crippen molar-refractivity contribution in [2.45, 2.75) is 32.4 Å². The molecule has 3 atom stereocenters. The maximum absolute atomic E-state index is 12.9. The molecule has 2 aliphatic rings. The van der Waals surface area contributed by atoms with Crippen molar-refractivity contribution in [2.75, 3.05) is 18.0 Å². The average Bonchev–Trinajstić information content (AvgIpc) is 3.48. The molecule has 1 saturated heterocycles. The van der Waals surface area contributed by atoms with Crippen LogP contribution in [0.15, 0.2) is 47.1 Å². The number of fused-ring (bicyclic) bond motifs is 3. The molecule has 4 heterocycles. The molecule has 176 valence electrons. The number of nitrogens with zero attached hydrogens (tertiary/aromatic N) is 6. The largest absolute Gasteiger partial charge is 0.416 e. The predicted molar refractivity (Wildman–Crippen MR) is 118 cm³/mol. The summed E-state index contributed by atoms with van der Waals surface area (Å²) in [6.45, 7) is 3.59. The van der Waals surface area contributed by atoms with E-state index >= 15 is 0 Å². The predicted octanol–water partition coefficient (Wildman–Crippen LogP) is 4.81. The lowest BCUT2D eigenvalue weighted by molar-refractivity contribution is -0.137. The van der Waals surface area contributed by atoms with Gasteiger partial charge in [-0.05, 0) is 67.3 Å². The Morgan fingerprint density at radius 1 is 1.03 bits per heavy atom. The minimum Gasteiger partial charge on any atom is -0.324 e. The van der Waals surface area contributed by atoms with Gasteiger partial charge in [0.2, 0.25) is 0 Å². The molecule has 2 fully saturated rings. The highest BCUT2D eigenvalue weighted by atomic mass is 19.4. The molecule has 1 aromatic carbocycles. The van der Waals surface area contributed by atoms with Gasteiger partial charge < -0.3 is 9.42 Å². The Balaban J connectivity index is 1.24. The van der Waals surface area contributed by atoms with Crippen molar-refractivity contribution in [2.24, 2.45) is 17.8 Å².